The molecule has 0 aromatic carbocycles. The van der Waals surface area contributed by atoms with Crippen molar-refractivity contribution >= 4 is 11.3 Å². The molecule has 112 valence electrons. The number of thiazole rings is 1. The van der Waals surface area contributed by atoms with Crippen molar-refractivity contribution in [3.63, 3.8) is 0 Å². The average molecular weight is 293 g/mol. The van der Waals surface area contributed by atoms with Gasteiger partial charge >= 0.3 is 0 Å². The number of nitrogens with zero attached hydrogens (tertiary/aromatic N) is 2. The van der Waals surface area contributed by atoms with Crippen LogP contribution in [-0.2, 0) is 0 Å². The van der Waals surface area contributed by atoms with E-state index < -0.39 is 0 Å². The van der Waals surface area contributed by atoms with Gasteiger partial charge in [0.05, 0.1) is 6.04 Å². The first-order chi connectivity index (χ1) is 9.74. The van der Waals surface area contributed by atoms with Crippen LogP contribution in [0.5, 0.6) is 0 Å². The summed E-state index contributed by atoms with van der Waals surface area (Å²) in [4.78, 5) is 7.27. The van der Waals surface area contributed by atoms with Gasteiger partial charge in [-0.1, -0.05) is 26.2 Å². The highest BCUT2D eigenvalue weighted by Crippen LogP contribution is 2.36. The zero-order chi connectivity index (χ0) is 14.0. The molecule has 0 bridgehead atoms. The molecule has 1 aromatic rings. The van der Waals surface area contributed by atoms with Gasteiger partial charge in [0, 0.05) is 36.2 Å². The molecular formula is C16H27N3S. The molecule has 2 unspecified atom stereocenters. The predicted molar refractivity (Wildman–Crippen MR) is 85.1 cm³/mol. The Hall–Kier alpha value is -0.450. The Morgan fingerprint density at radius 3 is 2.90 bits per heavy atom. The van der Waals surface area contributed by atoms with E-state index in [-0.39, 0.29) is 0 Å². The van der Waals surface area contributed by atoms with Gasteiger partial charge in [-0.25, -0.2) is 4.98 Å². The molecule has 0 radical (unpaired) electrons. The summed E-state index contributed by atoms with van der Waals surface area (Å²) < 4.78 is 0. The number of aromatic nitrogens is 1. The molecule has 3 nitrogen and oxygen atoms in total. The number of piperazine rings is 1. The first-order valence-corrected chi connectivity index (χ1v) is 9.02. The minimum Gasteiger partial charge on any atom is -0.308 e. The lowest BCUT2D eigenvalue weighted by atomic mass is 9.79. The molecule has 1 aliphatic heterocycles. The van der Waals surface area contributed by atoms with Gasteiger partial charge in [0.1, 0.15) is 5.01 Å². The molecule has 2 atom stereocenters. The fourth-order valence-corrected chi connectivity index (χ4v) is 4.68. The average Bonchev–Trinajstić information content (AvgIpc) is 3.01. The van der Waals surface area contributed by atoms with Gasteiger partial charge in [-0.15, -0.1) is 11.3 Å². The van der Waals surface area contributed by atoms with Gasteiger partial charge in [-0.2, -0.15) is 0 Å². The molecule has 0 amide bonds. The van der Waals surface area contributed by atoms with E-state index in [0.29, 0.717) is 17.6 Å². The Morgan fingerprint density at radius 2 is 2.25 bits per heavy atom. The van der Waals surface area contributed by atoms with Crippen LogP contribution in [0.4, 0.5) is 0 Å². The third-order valence-corrected chi connectivity index (χ3v) is 6.20. The van der Waals surface area contributed by atoms with Crippen LogP contribution < -0.4 is 5.32 Å². The summed E-state index contributed by atoms with van der Waals surface area (Å²) in [5.41, 5.74) is 0.384. The molecule has 2 aliphatic rings. The van der Waals surface area contributed by atoms with E-state index in [1.165, 1.54) is 50.1 Å². The second-order valence-electron chi connectivity index (χ2n) is 6.50. The van der Waals surface area contributed by atoms with Gasteiger partial charge in [-0.3, -0.25) is 4.90 Å². The zero-order valence-electron chi connectivity index (χ0n) is 12.8. The number of hydrogen-bond acceptors (Lipinski definition) is 4. The van der Waals surface area contributed by atoms with Crippen molar-refractivity contribution in [1.29, 1.82) is 0 Å². The van der Waals surface area contributed by atoms with E-state index in [4.69, 9.17) is 0 Å². The van der Waals surface area contributed by atoms with Crippen LogP contribution in [0.25, 0.3) is 0 Å². The van der Waals surface area contributed by atoms with Gasteiger partial charge < -0.3 is 5.32 Å². The largest absolute Gasteiger partial charge is 0.308 e. The quantitative estimate of drug-likeness (QED) is 0.923. The monoisotopic (exact) mass is 293 g/mol. The topological polar surface area (TPSA) is 28.2 Å². The molecular weight excluding hydrogens is 266 g/mol. The summed E-state index contributed by atoms with van der Waals surface area (Å²) in [5, 5.41) is 7.28. The minimum absolute atomic E-state index is 0.384. The van der Waals surface area contributed by atoms with Gasteiger partial charge in [0.2, 0.25) is 0 Å². The van der Waals surface area contributed by atoms with Crippen molar-refractivity contribution in [2.24, 2.45) is 0 Å². The molecule has 2 fully saturated rings. The predicted octanol–water partition coefficient (Wildman–Crippen LogP) is 3.59. The fourth-order valence-electron chi connectivity index (χ4n) is 3.96. The molecule has 1 aromatic heterocycles. The highest BCUT2D eigenvalue weighted by atomic mass is 32.1. The van der Waals surface area contributed by atoms with E-state index in [9.17, 15) is 0 Å². The molecule has 1 N–H and O–H groups in total. The molecule has 1 aliphatic carbocycles. The van der Waals surface area contributed by atoms with E-state index in [1.807, 2.05) is 6.20 Å². The van der Waals surface area contributed by atoms with Crippen LogP contribution in [0.15, 0.2) is 11.6 Å². The Labute approximate surface area is 126 Å². The summed E-state index contributed by atoms with van der Waals surface area (Å²) in [5.74, 6) is 0. The lowest BCUT2D eigenvalue weighted by molar-refractivity contribution is 0.0269. The molecule has 4 heteroatoms. The van der Waals surface area contributed by atoms with Gasteiger partial charge in [0.25, 0.3) is 0 Å². The van der Waals surface area contributed by atoms with E-state index in [1.54, 1.807) is 11.3 Å². The second-order valence-corrected chi connectivity index (χ2v) is 7.43. The van der Waals surface area contributed by atoms with Crippen LogP contribution >= 0.6 is 11.3 Å². The zero-order valence-corrected chi connectivity index (χ0v) is 13.6. The summed E-state index contributed by atoms with van der Waals surface area (Å²) in [7, 11) is 0. The second kappa shape index (κ2) is 6.12. The van der Waals surface area contributed by atoms with Crippen LogP contribution in [0.2, 0.25) is 0 Å². The molecule has 2 heterocycles. The van der Waals surface area contributed by atoms with E-state index >= 15 is 0 Å². The van der Waals surface area contributed by atoms with Crippen molar-refractivity contribution in [2.45, 2.75) is 70.0 Å². The van der Waals surface area contributed by atoms with Crippen molar-refractivity contribution in [3.8, 4) is 0 Å². The SMILES string of the molecule is CCC1CNC2(CCCCC2)CN1C(C)c1nccs1. The Morgan fingerprint density at radius 1 is 1.45 bits per heavy atom. The standard InChI is InChI=1S/C16H27N3S/c1-3-14-11-18-16(7-5-4-6-8-16)12-19(14)13(2)15-17-9-10-20-15/h9-10,13-14,18H,3-8,11-12H2,1-2H3. The Balaban J connectivity index is 1.77. The minimum atomic E-state index is 0.384. The first kappa shape index (κ1) is 14.5. The number of nitrogens with one attached hydrogen (secondary N) is 1. The third-order valence-electron chi connectivity index (χ3n) is 5.26. The van der Waals surface area contributed by atoms with Crippen LogP contribution in [0.3, 0.4) is 0 Å². The molecule has 1 saturated carbocycles. The molecule has 1 spiro atoms. The Kier molecular flexibility index (Phi) is 4.43. The maximum Gasteiger partial charge on any atom is 0.109 e. The van der Waals surface area contributed by atoms with Gasteiger partial charge in [0.15, 0.2) is 0 Å². The van der Waals surface area contributed by atoms with Crippen LogP contribution in [0.1, 0.15) is 63.4 Å². The maximum atomic E-state index is 4.55. The number of rotatable bonds is 3. The first-order valence-electron chi connectivity index (χ1n) is 8.14. The highest BCUT2D eigenvalue weighted by molar-refractivity contribution is 7.09. The Bertz CT molecular complexity index is 411. The van der Waals surface area contributed by atoms with Crippen LogP contribution in [0, 0.1) is 0 Å². The maximum absolute atomic E-state index is 4.55. The molecule has 20 heavy (non-hydrogen) atoms. The van der Waals surface area contributed by atoms with E-state index in [0.717, 1.165) is 6.54 Å². The molecule has 3 rings (SSSR count). The summed E-state index contributed by atoms with van der Waals surface area (Å²) in [6, 6.07) is 1.11. The highest BCUT2D eigenvalue weighted by Gasteiger charge is 2.41. The fraction of sp³-hybridized carbons (Fsp3) is 0.812. The molecule has 1 saturated heterocycles. The lowest BCUT2D eigenvalue weighted by Crippen LogP contribution is -2.64. The van der Waals surface area contributed by atoms with Crippen molar-refractivity contribution < 1.29 is 0 Å². The lowest BCUT2D eigenvalue weighted by Gasteiger charge is -2.51. The van der Waals surface area contributed by atoms with Gasteiger partial charge in [-0.05, 0) is 26.2 Å². The van der Waals surface area contributed by atoms with Crippen molar-refractivity contribution in [1.82, 2.24) is 15.2 Å². The van der Waals surface area contributed by atoms with E-state index in [2.05, 4.69) is 34.4 Å². The number of hydrogen-bond donors (Lipinski definition) is 1. The normalized spacial score (nSPS) is 28.6. The summed E-state index contributed by atoms with van der Waals surface area (Å²) in [6.45, 7) is 6.99. The summed E-state index contributed by atoms with van der Waals surface area (Å²) in [6.07, 6.45) is 10.1. The van der Waals surface area contributed by atoms with Crippen molar-refractivity contribution in [2.75, 3.05) is 13.1 Å². The smallest absolute Gasteiger partial charge is 0.109 e. The van der Waals surface area contributed by atoms with Crippen molar-refractivity contribution in [3.05, 3.63) is 16.6 Å². The third kappa shape index (κ3) is 2.78. The summed E-state index contributed by atoms with van der Waals surface area (Å²) >= 11 is 1.80. The van der Waals surface area contributed by atoms with Crippen LogP contribution in [-0.4, -0.2) is 34.6 Å².